The minimum Gasteiger partial charge on any atom is -0.367 e. The highest BCUT2D eigenvalue weighted by molar-refractivity contribution is 7.93. The van der Waals surface area contributed by atoms with Crippen LogP contribution in [-0.2, 0) is 15.9 Å². The summed E-state index contributed by atoms with van der Waals surface area (Å²) in [6.45, 7) is 0.365. The van der Waals surface area contributed by atoms with E-state index in [1.807, 2.05) is 24.3 Å². The molecule has 5 nitrogen and oxygen atoms in total. The molecule has 0 saturated heterocycles. The van der Waals surface area contributed by atoms with Crippen LogP contribution in [0.4, 0.5) is 19.0 Å². The number of fused-ring (bicyclic) bond motifs is 1. The standard InChI is InChI=1S/C20H19F3N4OS/c1-29(24,28)19(10-11-19)12-25-18-16-5-3-2-4-15(16)17(26-27-18)13-6-8-14(9-7-13)20(21,22)23/h2-9,24H,10-12H2,1H3,(H,25,27). The van der Waals surface area contributed by atoms with Crippen LogP contribution in [-0.4, -0.2) is 32.0 Å². The van der Waals surface area contributed by atoms with E-state index in [0.29, 0.717) is 23.6 Å². The summed E-state index contributed by atoms with van der Waals surface area (Å²) in [4.78, 5) is 0. The molecule has 1 fully saturated rings. The van der Waals surface area contributed by atoms with Gasteiger partial charge in [-0.2, -0.15) is 13.2 Å². The molecule has 29 heavy (non-hydrogen) atoms. The van der Waals surface area contributed by atoms with Gasteiger partial charge in [0.05, 0.1) is 10.3 Å². The van der Waals surface area contributed by atoms with Crippen LogP contribution < -0.4 is 5.32 Å². The van der Waals surface area contributed by atoms with Crippen LogP contribution >= 0.6 is 0 Å². The minimum absolute atomic E-state index is 0.365. The molecule has 1 atom stereocenters. The second kappa shape index (κ2) is 6.69. The first-order valence-corrected chi connectivity index (χ1v) is 11.0. The van der Waals surface area contributed by atoms with Crippen molar-refractivity contribution in [2.45, 2.75) is 23.8 Å². The van der Waals surface area contributed by atoms with Crippen LogP contribution in [0.5, 0.6) is 0 Å². The van der Waals surface area contributed by atoms with Crippen LogP contribution in [0.3, 0.4) is 0 Å². The Morgan fingerprint density at radius 2 is 1.69 bits per heavy atom. The molecule has 9 heteroatoms. The maximum absolute atomic E-state index is 12.8. The van der Waals surface area contributed by atoms with Crippen LogP contribution in [0.1, 0.15) is 18.4 Å². The van der Waals surface area contributed by atoms with E-state index in [1.54, 1.807) is 0 Å². The van der Waals surface area contributed by atoms with Crippen molar-refractivity contribution in [3.05, 3.63) is 54.1 Å². The highest BCUT2D eigenvalue weighted by Crippen LogP contribution is 2.43. The van der Waals surface area contributed by atoms with E-state index < -0.39 is 26.2 Å². The average Bonchev–Trinajstić information content (AvgIpc) is 3.47. The Hall–Kier alpha value is -2.68. The summed E-state index contributed by atoms with van der Waals surface area (Å²) in [5.41, 5.74) is 0.306. The first-order chi connectivity index (χ1) is 13.6. The second-order valence-electron chi connectivity index (χ2n) is 7.40. The molecule has 0 aliphatic heterocycles. The quantitative estimate of drug-likeness (QED) is 0.613. The predicted octanol–water partition coefficient (Wildman–Crippen LogP) is 4.94. The fourth-order valence-electron chi connectivity index (χ4n) is 3.35. The fourth-order valence-corrected chi connectivity index (χ4v) is 4.58. The maximum Gasteiger partial charge on any atom is 0.416 e. The van der Waals surface area contributed by atoms with Crippen molar-refractivity contribution in [3.63, 3.8) is 0 Å². The Balaban J connectivity index is 1.69. The zero-order valence-corrected chi connectivity index (χ0v) is 16.4. The lowest BCUT2D eigenvalue weighted by atomic mass is 10.0. The average molecular weight is 420 g/mol. The SMILES string of the molecule is CS(=N)(=O)C1(CNc2nnc(-c3ccc(C(F)(F)F)cc3)c3ccccc23)CC1. The van der Waals surface area contributed by atoms with Crippen molar-refractivity contribution in [1.82, 2.24) is 10.2 Å². The van der Waals surface area contributed by atoms with Crippen LogP contribution in [0.25, 0.3) is 22.0 Å². The molecule has 1 saturated carbocycles. The van der Waals surface area contributed by atoms with Gasteiger partial charge in [-0.1, -0.05) is 36.4 Å². The van der Waals surface area contributed by atoms with Gasteiger partial charge in [0, 0.05) is 38.9 Å². The zero-order valence-electron chi connectivity index (χ0n) is 15.6. The topological polar surface area (TPSA) is 78.7 Å². The normalized spacial score (nSPS) is 17.7. The third-order valence-electron chi connectivity index (χ3n) is 5.38. The lowest BCUT2D eigenvalue weighted by molar-refractivity contribution is -0.137. The van der Waals surface area contributed by atoms with E-state index in [0.717, 1.165) is 35.7 Å². The number of benzene rings is 2. The number of hydrogen-bond donors (Lipinski definition) is 2. The van der Waals surface area contributed by atoms with E-state index >= 15 is 0 Å². The Kier molecular flexibility index (Phi) is 4.53. The van der Waals surface area contributed by atoms with Gasteiger partial charge in [-0.3, -0.25) is 4.78 Å². The monoisotopic (exact) mass is 420 g/mol. The molecular formula is C20H19F3N4OS. The summed E-state index contributed by atoms with van der Waals surface area (Å²) in [6, 6.07) is 12.2. The highest BCUT2D eigenvalue weighted by Gasteiger charge is 2.49. The van der Waals surface area contributed by atoms with Gasteiger partial charge in [-0.25, -0.2) is 4.21 Å². The van der Waals surface area contributed by atoms with Crippen molar-refractivity contribution in [3.8, 4) is 11.3 Å². The Labute approximate surface area is 166 Å². The molecule has 2 aromatic carbocycles. The van der Waals surface area contributed by atoms with Crippen LogP contribution in [0, 0.1) is 4.78 Å². The fraction of sp³-hybridized carbons (Fsp3) is 0.300. The molecule has 3 aromatic rings. The number of hydrogen-bond acceptors (Lipinski definition) is 5. The van der Waals surface area contributed by atoms with Gasteiger partial charge in [0.25, 0.3) is 0 Å². The van der Waals surface area contributed by atoms with Crippen LogP contribution in [0.2, 0.25) is 0 Å². The van der Waals surface area contributed by atoms with Crippen molar-refractivity contribution in [1.29, 1.82) is 4.78 Å². The molecule has 0 radical (unpaired) electrons. The van der Waals surface area contributed by atoms with Crippen molar-refractivity contribution in [2.75, 3.05) is 18.1 Å². The summed E-state index contributed by atoms with van der Waals surface area (Å²) >= 11 is 0. The number of nitrogens with zero attached hydrogens (tertiary/aromatic N) is 2. The molecule has 4 rings (SSSR count). The summed E-state index contributed by atoms with van der Waals surface area (Å²) in [7, 11) is -2.68. The van der Waals surface area contributed by atoms with E-state index in [1.165, 1.54) is 18.4 Å². The molecule has 1 aliphatic carbocycles. The Morgan fingerprint density at radius 1 is 1.07 bits per heavy atom. The van der Waals surface area contributed by atoms with E-state index in [-0.39, 0.29) is 0 Å². The maximum atomic E-state index is 12.8. The summed E-state index contributed by atoms with van der Waals surface area (Å²) in [5.74, 6) is 0.506. The van der Waals surface area contributed by atoms with Crippen molar-refractivity contribution < 1.29 is 17.4 Å². The van der Waals surface area contributed by atoms with Crippen molar-refractivity contribution >= 4 is 26.3 Å². The van der Waals surface area contributed by atoms with E-state index in [2.05, 4.69) is 15.5 Å². The highest BCUT2D eigenvalue weighted by atomic mass is 32.2. The molecule has 0 spiro atoms. The van der Waals surface area contributed by atoms with Gasteiger partial charge >= 0.3 is 6.18 Å². The molecule has 2 N–H and O–H groups in total. The number of halogens is 3. The third-order valence-corrected chi connectivity index (χ3v) is 7.59. The molecule has 1 heterocycles. The van der Waals surface area contributed by atoms with Gasteiger partial charge in [0.2, 0.25) is 0 Å². The predicted molar refractivity (Wildman–Crippen MR) is 107 cm³/mol. The molecule has 1 unspecified atom stereocenters. The van der Waals surface area contributed by atoms with Crippen molar-refractivity contribution in [2.24, 2.45) is 0 Å². The number of aromatic nitrogens is 2. The van der Waals surface area contributed by atoms with Gasteiger partial charge in [-0.05, 0) is 25.0 Å². The summed E-state index contributed by atoms with van der Waals surface area (Å²) in [5, 5.41) is 13.2. The van der Waals surface area contributed by atoms with Crippen LogP contribution in [0.15, 0.2) is 48.5 Å². The second-order valence-corrected chi connectivity index (χ2v) is 9.95. The van der Waals surface area contributed by atoms with Gasteiger partial charge < -0.3 is 5.32 Å². The zero-order chi connectivity index (χ0) is 20.9. The van der Waals surface area contributed by atoms with E-state index in [9.17, 15) is 17.4 Å². The van der Waals surface area contributed by atoms with Gasteiger partial charge in [-0.15, -0.1) is 10.2 Å². The number of rotatable bonds is 5. The summed E-state index contributed by atoms with van der Waals surface area (Å²) in [6.07, 6.45) is -1.48. The first-order valence-electron chi connectivity index (χ1n) is 9.01. The smallest absolute Gasteiger partial charge is 0.367 e. The number of nitrogens with one attached hydrogen (secondary N) is 2. The molecule has 0 amide bonds. The molecule has 1 aromatic heterocycles. The number of alkyl halides is 3. The Bertz CT molecular complexity index is 1170. The first kappa shape index (κ1) is 19.6. The van der Waals surface area contributed by atoms with E-state index in [4.69, 9.17) is 4.78 Å². The lowest BCUT2D eigenvalue weighted by Gasteiger charge is -2.18. The lowest BCUT2D eigenvalue weighted by Crippen LogP contribution is -2.29. The minimum atomic E-state index is -4.39. The largest absolute Gasteiger partial charge is 0.416 e. The van der Waals surface area contributed by atoms with Gasteiger partial charge in [0.1, 0.15) is 5.69 Å². The molecule has 1 aliphatic rings. The third kappa shape index (κ3) is 3.66. The molecular weight excluding hydrogens is 401 g/mol. The number of anilines is 1. The van der Waals surface area contributed by atoms with Gasteiger partial charge in [0.15, 0.2) is 5.82 Å². The summed E-state index contributed by atoms with van der Waals surface area (Å²) < 4.78 is 58.1. The Morgan fingerprint density at radius 3 is 2.24 bits per heavy atom. The molecule has 0 bridgehead atoms. The molecule has 152 valence electrons.